The molecule has 2 aromatic rings. The van der Waals surface area contributed by atoms with Crippen molar-refractivity contribution in [2.24, 2.45) is 0 Å². The second kappa shape index (κ2) is 4.70. The van der Waals surface area contributed by atoms with Crippen LogP contribution < -0.4 is 8.92 Å². The Hall–Kier alpha value is -2.10. The van der Waals surface area contributed by atoms with Gasteiger partial charge in [-0.1, -0.05) is 6.58 Å². The summed E-state index contributed by atoms with van der Waals surface area (Å²) in [5.41, 5.74) is 0.433. The summed E-state index contributed by atoms with van der Waals surface area (Å²) in [6.07, 6.45) is -2.42. The van der Waals surface area contributed by atoms with Gasteiger partial charge in [0.1, 0.15) is 0 Å². The van der Waals surface area contributed by atoms with Crippen molar-refractivity contribution in [3.8, 4) is 11.5 Å². The molecule has 1 N–H and O–H groups in total. The molecule has 9 heteroatoms. The second-order valence-corrected chi connectivity index (χ2v) is 6.41. The predicted octanol–water partition coefficient (Wildman–Crippen LogP) is 1.16. The first-order valence-corrected chi connectivity index (χ1v) is 7.65. The van der Waals surface area contributed by atoms with Crippen molar-refractivity contribution in [2.45, 2.75) is 31.1 Å². The first-order chi connectivity index (χ1) is 10.2. The molecule has 118 valence electrons. The van der Waals surface area contributed by atoms with E-state index in [1.54, 1.807) is 0 Å². The van der Waals surface area contributed by atoms with E-state index in [4.69, 9.17) is 18.1 Å². The smallest absolute Gasteiger partial charge is 0.343 e. The minimum Gasteiger partial charge on any atom is -0.448 e. The van der Waals surface area contributed by atoms with Crippen LogP contribution in [-0.4, -0.2) is 31.9 Å². The van der Waals surface area contributed by atoms with Crippen LogP contribution in [0.2, 0.25) is 0 Å². The number of rotatable bonds is 5. The van der Waals surface area contributed by atoms with Crippen LogP contribution in [0.3, 0.4) is 0 Å². The zero-order valence-corrected chi connectivity index (χ0v) is 12.5. The molecule has 0 amide bonds. The molecule has 1 aliphatic rings. The van der Waals surface area contributed by atoms with Gasteiger partial charge >= 0.3 is 16.1 Å². The average molecular weight is 328 g/mol. The van der Waals surface area contributed by atoms with Crippen molar-refractivity contribution in [1.29, 1.82) is 0 Å². The molecule has 3 rings (SSSR count). The molecule has 0 radical (unpaired) electrons. The Morgan fingerprint density at radius 2 is 2.14 bits per heavy atom. The summed E-state index contributed by atoms with van der Waals surface area (Å²) in [6.45, 7) is 6.40. The maximum absolute atomic E-state index is 11.9. The highest BCUT2D eigenvalue weighted by Gasteiger charge is 2.41. The average Bonchev–Trinajstić information content (AvgIpc) is 3.02. The Bertz CT molecular complexity index is 862. The molecule has 0 spiro atoms. The molecular weight excluding hydrogens is 316 g/mol. The van der Waals surface area contributed by atoms with E-state index in [1.807, 2.05) is 0 Å². The summed E-state index contributed by atoms with van der Waals surface area (Å²) in [7, 11) is -3.90. The number of aliphatic hydroxyl groups is 1. The van der Waals surface area contributed by atoms with Gasteiger partial charge in [-0.2, -0.15) is 8.42 Å². The minimum atomic E-state index is -3.90. The van der Waals surface area contributed by atoms with Crippen LogP contribution in [0, 0.1) is 0 Å². The third-order valence-electron chi connectivity index (χ3n) is 3.09. The fourth-order valence-electron chi connectivity index (χ4n) is 1.92. The molecule has 2 bridgehead atoms. The highest BCUT2D eigenvalue weighted by atomic mass is 32.2. The van der Waals surface area contributed by atoms with Crippen LogP contribution in [0.5, 0.6) is 11.5 Å². The topological polar surface area (TPSA) is 112 Å². The SMILES string of the molecule is C=C(C)C(O)OC(C)C(=O)Oc1c2c3oc1cc3S(=O)(=O)O2. The van der Waals surface area contributed by atoms with Crippen LogP contribution >= 0.6 is 0 Å². The number of benzene rings is 1. The third kappa shape index (κ3) is 2.14. The first-order valence-electron chi connectivity index (χ1n) is 6.24. The van der Waals surface area contributed by atoms with Gasteiger partial charge in [0, 0.05) is 6.07 Å². The summed E-state index contributed by atoms with van der Waals surface area (Å²) < 4.78 is 43.3. The molecule has 8 nitrogen and oxygen atoms in total. The summed E-state index contributed by atoms with van der Waals surface area (Å²) in [5, 5.41) is 9.50. The van der Waals surface area contributed by atoms with Crippen molar-refractivity contribution in [1.82, 2.24) is 0 Å². The van der Waals surface area contributed by atoms with Gasteiger partial charge in [0.05, 0.1) is 0 Å². The quantitative estimate of drug-likeness (QED) is 0.286. The van der Waals surface area contributed by atoms with E-state index in [2.05, 4.69) is 6.58 Å². The van der Waals surface area contributed by atoms with Gasteiger partial charge in [-0.15, -0.1) is 0 Å². The van der Waals surface area contributed by atoms with Crippen LogP contribution in [0.4, 0.5) is 0 Å². The number of furan rings is 2. The fourth-order valence-corrected chi connectivity index (χ4v) is 2.99. The van der Waals surface area contributed by atoms with E-state index < -0.39 is 28.5 Å². The molecule has 0 fully saturated rings. The Balaban J connectivity index is 1.78. The van der Waals surface area contributed by atoms with Crippen molar-refractivity contribution in [3.63, 3.8) is 0 Å². The lowest BCUT2D eigenvalue weighted by atomic mass is 10.3. The molecule has 0 saturated heterocycles. The van der Waals surface area contributed by atoms with E-state index in [-0.39, 0.29) is 27.6 Å². The molecule has 0 aliphatic carbocycles. The Kier molecular flexibility index (Phi) is 3.17. The van der Waals surface area contributed by atoms with Gasteiger partial charge < -0.3 is 23.2 Å². The van der Waals surface area contributed by atoms with E-state index in [0.29, 0.717) is 5.57 Å². The van der Waals surface area contributed by atoms with E-state index >= 15 is 0 Å². The van der Waals surface area contributed by atoms with Crippen LogP contribution in [0.25, 0.3) is 11.2 Å². The summed E-state index contributed by atoms with van der Waals surface area (Å²) in [5.74, 6) is -1.10. The maximum atomic E-state index is 11.9. The third-order valence-corrected chi connectivity index (χ3v) is 4.31. The lowest BCUT2D eigenvalue weighted by Gasteiger charge is -2.16. The molecule has 3 heterocycles. The van der Waals surface area contributed by atoms with E-state index in [1.165, 1.54) is 19.9 Å². The number of esters is 1. The highest BCUT2D eigenvalue weighted by molar-refractivity contribution is 7.87. The molecule has 22 heavy (non-hydrogen) atoms. The lowest BCUT2D eigenvalue weighted by Crippen LogP contribution is -2.30. The number of carbonyl (C=O) groups excluding carboxylic acids is 1. The number of hydrogen-bond donors (Lipinski definition) is 1. The first kappa shape index (κ1) is 14.8. The van der Waals surface area contributed by atoms with Crippen molar-refractivity contribution in [3.05, 3.63) is 18.2 Å². The standard InChI is InChI=1S/C13H12O8S/c1-5(2)12(14)18-6(3)13(15)20-9-7-4-8-10(19-7)11(9)21-22(8,16)17/h4,6,12,14H,1H2,2-3H3. The molecule has 1 aliphatic heterocycles. The fraction of sp³-hybridized carbons (Fsp3) is 0.308. The summed E-state index contributed by atoms with van der Waals surface area (Å²) >= 11 is 0. The van der Waals surface area contributed by atoms with Crippen LogP contribution in [-0.2, 0) is 19.6 Å². The monoisotopic (exact) mass is 328 g/mol. The molecule has 2 unspecified atom stereocenters. The Morgan fingerprint density at radius 3 is 2.77 bits per heavy atom. The highest BCUT2D eigenvalue weighted by Crippen LogP contribution is 2.51. The second-order valence-electron chi connectivity index (χ2n) is 4.90. The van der Waals surface area contributed by atoms with Gasteiger partial charge in [-0.25, -0.2) is 4.79 Å². The van der Waals surface area contributed by atoms with Crippen molar-refractivity contribution >= 4 is 27.3 Å². The Morgan fingerprint density at radius 1 is 1.45 bits per heavy atom. The zero-order chi connectivity index (χ0) is 16.2. The number of fused-ring (bicyclic) bond motifs is 1. The number of ether oxygens (including phenoxy) is 2. The van der Waals surface area contributed by atoms with Gasteiger partial charge in [0.25, 0.3) is 0 Å². The molecule has 0 saturated carbocycles. The number of aliphatic hydroxyl groups excluding tert-OH is 1. The van der Waals surface area contributed by atoms with E-state index in [9.17, 15) is 18.3 Å². The van der Waals surface area contributed by atoms with Crippen LogP contribution in [0.1, 0.15) is 13.8 Å². The van der Waals surface area contributed by atoms with Crippen molar-refractivity contribution < 1.29 is 36.4 Å². The lowest BCUT2D eigenvalue weighted by molar-refractivity contribution is -0.162. The molecule has 2 atom stereocenters. The maximum Gasteiger partial charge on any atom is 0.343 e. The van der Waals surface area contributed by atoms with Crippen LogP contribution in [0.15, 0.2) is 27.5 Å². The largest absolute Gasteiger partial charge is 0.448 e. The Labute approximate surface area is 125 Å². The number of carbonyl (C=O) groups is 1. The number of hydrogen-bond acceptors (Lipinski definition) is 8. The molecule has 2 aromatic heterocycles. The summed E-state index contributed by atoms with van der Waals surface area (Å²) in [4.78, 5) is 11.9. The van der Waals surface area contributed by atoms with Gasteiger partial charge in [0.15, 0.2) is 28.5 Å². The predicted molar refractivity (Wildman–Crippen MR) is 72.2 cm³/mol. The minimum absolute atomic E-state index is 0.0216. The normalized spacial score (nSPS) is 18.1. The summed E-state index contributed by atoms with van der Waals surface area (Å²) in [6, 6.07) is 1.22. The van der Waals surface area contributed by atoms with Gasteiger partial charge in [0.2, 0.25) is 11.5 Å². The zero-order valence-electron chi connectivity index (χ0n) is 11.7. The molecule has 0 aromatic carbocycles. The van der Waals surface area contributed by atoms with Crippen molar-refractivity contribution in [2.75, 3.05) is 0 Å². The molecular formula is C13H12O8S. The van der Waals surface area contributed by atoms with Gasteiger partial charge in [-0.3, -0.25) is 0 Å². The van der Waals surface area contributed by atoms with Gasteiger partial charge in [-0.05, 0) is 19.4 Å². The van der Waals surface area contributed by atoms with E-state index in [0.717, 1.165) is 0 Å².